The van der Waals surface area contributed by atoms with E-state index in [-0.39, 0.29) is 5.41 Å². The van der Waals surface area contributed by atoms with Gasteiger partial charge in [-0.05, 0) is 176 Å². The van der Waals surface area contributed by atoms with E-state index in [1.54, 1.807) is 0 Å². The van der Waals surface area contributed by atoms with Crippen molar-refractivity contribution in [3.63, 3.8) is 0 Å². The number of aromatic nitrogens is 8. The molecule has 141 heavy (non-hydrogen) atoms. The highest BCUT2D eigenvalue weighted by atomic mass is 16.3. The normalized spacial score (nSPS) is 12.4. The second kappa shape index (κ2) is 32.3. The number of furan rings is 2. The largest absolute Gasteiger partial charge is 0.456 e. The molecule has 0 unspecified atom stereocenters. The van der Waals surface area contributed by atoms with Crippen LogP contribution in [0.25, 0.3) is 287 Å². The third kappa shape index (κ3) is 13.2. The molecule has 6 heterocycles. The van der Waals surface area contributed by atoms with Crippen LogP contribution in [0, 0.1) is 0 Å². The lowest BCUT2D eigenvalue weighted by Gasteiger charge is -2.21. The molecule has 1 aliphatic rings. The summed E-state index contributed by atoms with van der Waals surface area (Å²) in [5.41, 5.74) is 25.9. The molecule has 10 nitrogen and oxygen atoms in total. The third-order valence-corrected chi connectivity index (χ3v) is 28.9. The summed E-state index contributed by atoms with van der Waals surface area (Å²) in [5.74, 6) is 3.65. The van der Waals surface area contributed by atoms with Crippen LogP contribution in [0.2, 0.25) is 0 Å². The van der Waals surface area contributed by atoms with Gasteiger partial charge in [-0.2, -0.15) is 0 Å². The summed E-state index contributed by atoms with van der Waals surface area (Å²) in [6.07, 6.45) is 0. The number of nitrogens with zero attached hydrogens (tertiary/aromatic N) is 8. The first-order valence-corrected chi connectivity index (χ1v) is 47.9. The van der Waals surface area contributed by atoms with Gasteiger partial charge in [0, 0.05) is 115 Å². The third-order valence-electron chi connectivity index (χ3n) is 28.9. The minimum Gasteiger partial charge on any atom is -0.456 e. The molecule has 22 aromatic carbocycles. The van der Waals surface area contributed by atoms with Crippen molar-refractivity contribution in [2.24, 2.45) is 0 Å². The molecule has 6 aromatic heterocycles. The summed E-state index contributed by atoms with van der Waals surface area (Å²) in [6, 6.07) is 159. The fourth-order valence-corrected chi connectivity index (χ4v) is 22.4. The van der Waals surface area contributed by atoms with Gasteiger partial charge in [0.2, 0.25) is 0 Å². The van der Waals surface area contributed by atoms with Gasteiger partial charge < -0.3 is 8.83 Å². The van der Waals surface area contributed by atoms with E-state index in [0.29, 0.717) is 34.9 Å². The topological polar surface area (TPSA) is 129 Å². The maximum absolute atomic E-state index is 6.85. The van der Waals surface area contributed by atoms with E-state index in [4.69, 9.17) is 48.7 Å². The fourth-order valence-electron chi connectivity index (χ4n) is 22.4. The lowest BCUT2D eigenvalue weighted by Crippen LogP contribution is -2.15. The molecule has 0 atom stereocenters. The second-order valence-corrected chi connectivity index (χ2v) is 37.3. The predicted molar refractivity (Wildman–Crippen MR) is 582 cm³/mol. The molecule has 656 valence electrons. The summed E-state index contributed by atoms with van der Waals surface area (Å²) in [5, 5.41) is 25.3. The van der Waals surface area contributed by atoms with Crippen molar-refractivity contribution < 1.29 is 8.83 Å². The van der Waals surface area contributed by atoms with Crippen LogP contribution in [0.5, 0.6) is 0 Å². The number of hydrogen-bond acceptors (Lipinski definition) is 10. The average molecular weight is 1800 g/mol. The van der Waals surface area contributed by atoms with Crippen molar-refractivity contribution in [2.75, 3.05) is 0 Å². The second-order valence-electron chi connectivity index (χ2n) is 37.3. The van der Waals surface area contributed by atoms with Gasteiger partial charge in [-0.1, -0.05) is 396 Å². The van der Waals surface area contributed by atoms with Gasteiger partial charge in [0.1, 0.15) is 22.3 Å². The van der Waals surface area contributed by atoms with E-state index in [9.17, 15) is 0 Å². The molecule has 0 radical (unpaired) electrons. The quantitative estimate of drug-likeness (QED) is 0.115. The Morgan fingerprint density at radius 1 is 0.163 bits per heavy atom. The van der Waals surface area contributed by atoms with Crippen molar-refractivity contribution in [3.8, 4) is 135 Å². The number of rotatable bonds is 11. The molecule has 0 fully saturated rings. The first-order valence-electron chi connectivity index (χ1n) is 47.9. The Morgan fingerprint density at radius 2 is 0.454 bits per heavy atom. The van der Waals surface area contributed by atoms with Crippen LogP contribution < -0.4 is 0 Å². The van der Waals surface area contributed by atoms with Gasteiger partial charge in [0.25, 0.3) is 0 Å². The summed E-state index contributed by atoms with van der Waals surface area (Å²) < 4.78 is 13.7. The van der Waals surface area contributed by atoms with Crippen LogP contribution in [0.15, 0.2) is 458 Å². The molecule has 0 N–H and O–H groups in total. The zero-order valence-electron chi connectivity index (χ0n) is 76.6. The Balaban J connectivity index is 0.000000138. The molecular formula is C131H80N8O2. The van der Waals surface area contributed by atoms with E-state index in [1.165, 1.54) is 86.9 Å². The minimum atomic E-state index is -0.174. The van der Waals surface area contributed by atoms with Gasteiger partial charge in [0.15, 0.2) is 34.9 Å². The molecule has 29 rings (SSSR count). The number of para-hydroxylation sites is 4. The first kappa shape index (κ1) is 80.8. The summed E-state index contributed by atoms with van der Waals surface area (Å²) in [6.45, 7) is 4.62. The molecule has 0 spiro atoms. The summed E-state index contributed by atoms with van der Waals surface area (Å²) >= 11 is 0. The Kier molecular flexibility index (Phi) is 18.5. The van der Waals surface area contributed by atoms with Gasteiger partial charge in [-0.3, -0.25) is 0 Å². The van der Waals surface area contributed by atoms with Gasteiger partial charge in [-0.15, -0.1) is 0 Å². The van der Waals surface area contributed by atoms with Crippen molar-refractivity contribution in [2.45, 2.75) is 19.3 Å². The molecule has 0 aliphatic heterocycles. The van der Waals surface area contributed by atoms with E-state index in [2.05, 4.69) is 396 Å². The number of benzene rings is 22. The van der Waals surface area contributed by atoms with E-state index in [0.717, 1.165) is 177 Å². The molecular weight excluding hydrogens is 1720 g/mol. The number of hydrogen-bond donors (Lipinski definition) is 0. The average Bonchev–Trinajstić information content (AvgIpc) is 1.23. The SMILES string of the molecule is CC1(C)c2ccccc2-c2ccc(-c3nc(-c4ccccc4)nc(-c4cccc(-c5c6c(cc7c(-c8ccc9c%10ccccc%10c%10ccccc%10c9c8)nc8ccccc8c57)oc5ccccc56)c4)n3)cc21.c1ccc(-c2ccc(-c3nc(-c4ccccc4)nc(-c4cccc(-c5c6c(cc7c(-c8ccc9c%10ccccc%10c%10ccccc%10c9c8)nc8ccccc8c57)oc5ccccc56)c4)n3)cc2)cc1. The molecule has 0 amide bonds. The zero-order valence-corrected chi connectivity index (χ0v) is 76.6. The number of fused-ring (bicyclic) bond motifs is 27. The maximum atomic E-state index is 6.85. The van der Waals surface area contributed by atoms with Gasteiger partial charge in [-0.25, -0.2) is 39.9 Å². The fraction of sp³-hybridized carbons (Fsp3) is 0.0229. The maximum Gasteiger partial charge on any atom is 0.164 e. The standard InChI is InChI=1S/C67H42N4O.C64H38N4O/c1-67(2)55-28-13-10-25-49(55)50-34-32-43(37-56(50)67)66-70-64(39-17-4-3-5-18-39)69-65(71-66)42-20-16-19-40(35-42)60-61-51-26-11-14-29-57(51)68-63(54(61)38-59-62(60)52-27-12-15-30-58(52)72-59)41-31-33-48-46-23-7-6-21-44(46)45-22-8-9-24-47(45)53(48)36-41;1-3-16-39(17-4-1)40-30-32-42(33-31-40)63-66-62(41-18-5-2-6-19-41)67-64(68-63)45-21-15-20-43(36-45)58-59-51-26-11-13-28-55(51)65-61(54(59)38-57-60(58)52-27-12-14-29-56(52)69-57)44-34-35-50-48-24-8-7-22-46(48)47-23-9-10-25-49(47)53(50)37-44/h3-38H,1-2H3;1-38H. The van der Waals surface area contributed by atoms with Crippen molar-refractivity contribution in [1.29, 1.82) is 0 Å². The Morgan fingerprint density at radius 3 is 0.887 bits per heavy atom. The van der Waals surface area contributed by atoms with Gasteiger partial charge in [0.05, 0.1) is 22.4 Å². The molecule has 0 bridgehead atoms. The zero-order chi connectivity index (χ0) is 93.1. The molecule has 0 saturated heterocycles. The molecule has 10 heteroatoms. The van der Waals surface area contributed by atoms with Crippen LogP contribution in [0.1, 0.15) is 25.0 Å². The summed E-state index contributed by atoms with van der Waals surface area (Å²) in [7, 11) is 0. The minimum absolute atomic E-state index is 0.174. The van der Waals surface area contributed by atoms with Crippen molar-refractivity contribution in [1.82, 2.24) is 39.9 Å². The Hall–Kier alpha value is -18.6. The molecule has 0 saturated carbocycles. The van der Waals surface area contributed by atoms with Crippen LogP contribution in [0.3, 0.4) is 0 Å². The van der Waals surface area contributed by atoms with Gasteiger partial charge >= 0.3 is 0 Å². The monoisotopic (exact) mass is 1800 g/mol. The highest BCUT2D eigenvalue weighted by Crippen LogP contribution is 2.54. The van der Waals surface area contributed by atoms with Crippen LogP contribution in [0.4, 0.5) is 0 Å². The predicted octanol–water partition coefficient (Wildman–Crippen LogP) is 34.5. The van der Waals surface area contributed by atoms with Crippen molar-refractivity contribution >= 4 is 152 Å². The van der Waals surface area contributed by atoms with Crippen LogP contribution in [-0.4, -0.2) is 39.9 Å². The molecule has 1 aliphatic carbocycles. The smallest absolute Gasteiger partial charge is 0.164 e. The van der Waals surface area contributed by atoms with Crippen LogP contribution >= 0.6 is 0 Å². The Labute approximate surface area is 809 Å². The lowest BCUT2D eigenvalue weighted by molar-refractivity contribution is 0.660. The van der Waals surface area contributed by atoms with E-state index < -0.39 is 0 Å². The Bertz CT molecular complexity index is 10000. The summed E-state index contributed by atoms with van der Waals surface area (Å²) in [4.78, 5) is 42.3. The number of pyridine rings is 2. The highest BCUT2D eigenvalue weighted by Gasteiger charge is 2.36. The molecule has 28 aromatic rings. The van der Waals surface area contributed by atoms with E-state index in [1.807, 2.05) is 66.7 Å². The highest BCUT2D eigenvalue weighted by molar-refractivity contribution is 6.32. The first-order chi connectivity index (χ1) is 69.6. The van der Waals surface area contributed by atoms with E-state index >= 15 is 0 Å². The lowest BCUT2D eigenvalue weighted by atomic mass is 9.82. The van der Waals surface area contributed by atoms with Crippen molar-refractivity contribution in [3.05, 3.63) is 460 Å². The van der Waals surface area contributed by atoms with Crippen LogP contribution in [-0.2, 0) is 5.41 Å².